The molecule has 0 bridgehead atoms. The first-order chi connectivity index (χ1) is 10.0. The molecule has 22 heavy (non-hydrogen) atoms. The van der Waals surface area contributed by atoms with E-state index in [1.807, 2.05) is 0 Å². The van der Waals surface area contributed by atoms with Gasteiger partial charge in [0.05, 0.1) is 29.6 Å². The number of sulfone groups is 1. The molecule has 9 heteroatoms. The van der Waals surface area contributed by atoms with Gasteiger partial charge in [-0.05, 0) is 19.8 Å². The van der Waals surface area contributed by atoms with E-state index >= 15 is 0 Å². The smallest absolute Gasteiger partial charge is 0.379 e. The largest absolute Gasteiger partial charge is 0.397 e. The summed E-state index contributed by atoms with van der Waals surface area (Å²) in [5.41, 5.74) is -3.15. The van der Waals surface area contributed by atoms with Gasteiger partial charge in [-0.15, -0.1) is 0 Å². The average molecular weight is 341 g/mol. The van der Waals surface area contributed by atoms with Crippen molar-refractivity contribution in [1.82, 2.24) is 4.90 Å². The fourth-order valence-corrected chi connectivity index (χ4v) is 6.04. The molecule has 0 radical (unpaired) electrons. The highest BCUT2D eigenvalue weighted by Gasteiger charge is 2.69. The van der Waals surface area contributed by atoms with E-state index in [4.69, 9.17) is 4.74 Å². The minimum absolute atomic E-state index is 0.0131. The Morgan fingerprint density at radius 1 is 1.32 bits per heavy atom. The van der Waals surface area contributed by atoms with Crippen molar-refractivity contribution >= 4 is 15.7 Å². The van der Waals surface area contributed by atoms with Crippen LogP contribution in [0.2, 0.25) is 0 Å². The molecular formula is C13H18F3NO4S. The fourth-order valence-electron chi connectivity index (χ4n) is 3.79. The van der Waals surface area contributed by atoms with E-state index in [1.165, 1.54) is 0 Å². The minimum atomic E-state index is -4.64. The number of hydrogen-bond acceptors (Lipinski definition) is 4. The van der Waals surface area contributed by atoms with Crippen LogP contribution in [-0.4, -0.2) is 62.7 Å². The van der Waals surface area contributed by atoms with Crippen LogP contribution in [-0.2, 0) is 19.4 Å². The number of carbonyl (C=O) groups is 1. The summed E-state index contributed by atoms with van der Waals surface area (Å²) in [6, 6.07) is 0. The van der Waals surface area contributed by atoms with E-state index in [-0.39, 0.29) is 38.4 Å². The molecule has 0 N–H and O–H groups in total. The standard InChI is InChI=1S/C13H18F3NO4S/c1-11(7-21-8-11)10(18)17-5-9-12(6-17,13(14,15)16)3-2-4-22(9,19)20/h9H,2-8H2,1H3/t9-,12-/m1/s1. The molecule has 0 saturated carbocycles. The summed E-state index contributed by atoms with van der Waals surface area (Å²) in [5, 5.41) is -1.54. The highest BCUT2D eigenvalue weighted by molar-refractivity contribution is 7.92. The lowest BCUT2D eigenvalue weighted by Gasteiger charge is -2.40. The molecule has 0 aliphatic carbocycles. The van der Waals surface area contributed by atoms with Crippen molar-refractivity contribution in [2.45, 2.75) is 31.2 Å². The lowest BCUT2D eigenvalue weighted by atomic mass is 9.80. The van der Waals surface area contributed by atoms with E-state index in [0.29, 0.717) is 0 Å². The molecule has 2 atom stereocenters. The Bertz CT molecular complexity index is 599. The number of hydrogen-bond donors (Lipinski definition) is 0. The van der Waals surface area contributed by atoms with E-state index in [9.17, 15) is 26.4 Å². The zero-order chi connectivity index (χ0) is 16.4. The summed E-state index contributed by atoms with van der Waals surface area (Å²) in [4.78, 5) is 13.5. The Morgan fingerprint density at radius 2 is 1.95 bits per heavy atom. The van der Waals surface area contributed by atoms with Crippen LogP contribution in [0.3, 0.4) is 0 Å². The van der Waals surface area contributed by atoms with Gasteiger partial charge in [-0.1, -0.05) is 0 Å². The van der Waals surface area contributed by atoms with Crippen molar-refractivity contribution in [2.75, 3.05) is 32.1 Å². The molecule has 1 amide bonds. The molecule has 3 heterocycles. The third kappa shape index (κ3) is 2.08. The van der Waals surface area contributed by atoms with Crippen molar-refractivity contribution in [2.24, 2.45) is 10.8 Å². The van der Waals surface area contributed by atoms with Crippen LogP contribution in [0, 0.1) is 10.8 Å². The van der Waals surface area contributed by atoms with Gasteiger partial charge in [-0.2, -0.15) is 13.2 Å². The van der Waals surface area contributed by atoms with Crippen LogP contribution in [0.5, 0.6) is 0 Å². The first-order valence-corrected chi connectivity index (χ1v) is 8.89. The molecule has 0 spiro atoms. The zero-order valence-corrected chi connectivity index (χ0v) is 13.0. The van der Waals surface area contributed by atoms with Crippen LogP contribution in [0.15, 0.2) is 0 Å². The average Bonchev–Trinajstić information content (AvgIpc) is 2.77. The molecule has 0 aromatic carbocycles. The highest BCUT2D eigenvalue weighted by Crippen LogP contribution is 2.54. The third-order valence-corrected chi connectivity index (χ3v) is 7.50. The van der Waals surface area contributed by atoms with Gasteiger partial charge in [0.1, 0.15) is 5.41 Å². The Kier molecular flexibility index (Phi) is 3.35. The quantitative estimate of drug-likeness (QED) is 0.714. The molecule has 0 unspecified atom stereocenters. The Balaban J connectivity index is 1.96. The molecule has 3 saturated heterocycles. The van der Waals surface area contributed by atoms with Crippen LogP contribution >= 0.6 is 0 Å². The Hall–Kier alpha value is -0.830. The Morgan fingerprint density at radius 3 is 2.41 bits per heavy atom. The Labute approximate surface area is 126 Å². The van der Waals surface area contributed by atoms with Gasteiger partial charge in [0.2, 0.25) is 5.91 Å². The minimum Gasteiger partial charge on any atom is -0.379 e. The summed E-state index contributed by atoms with van der Waals surface area (Å²) in [5.74, 6) is -0.676. The van der Waals surface area contributed by atoms with E-state index in [0.717, 1.165) is 4.90 Å². The topological polar surface area (TPSA) is 63.7 Å². The third-order valence-electron chi connectivity index (χ3n) is 5.17. The monoisotopic (exact) mass is 341 g/mol. The molecule has 126 valence electrons. The molecule has 0 aromatic heterocycles. The van der Waals surface area contributed by atoms with Crippen molar-refractivity contribution < 1.29 is 31.1 Å². The number of rotatable bonds is 1. The maximum absolute atomic E-state index is 13.6. The summed E-state index contributed by atoms with van der Waals surface area (Å²) in [7, 11) is -3.85. The molecule has 0 aromatic rings. The molecule has 3 aliphatic heterocycles. The number of carbonyl (C=O) groups excluding carboxylic acids is 1. The van der Waals surface area contributed by atoms with Crippen LogP contribution in [0.1, 0.15) is 19.8 Å². The normalized spacial score (nSPS) is 36.5. The molecular weight excluding hydrogens is 323 g/mol. The van der Waals surface area contributed by atoms with Crippen molar-refractivity contribution in [3.05, 3.63) is 0 Å². The van der Waals surface area contributed by atoms with E-state index in [1.54, 1.807) is 6.92 Å². The van der Waals surface area contributed by atoms with Crippen LogP contribution in [0.25, 0.3) is 0 Å². The summed E-state index contributed by atoms with van der Waals surface area (Å²) in [6.45, 7) is 1.04. The van der Waals surface area contributed by atoms with Crippen molar-refractivity contribution in [3.8, 4) is 0 Å². The number of nitrogens with zero attached hydrogens (tertiary/aromatic N) is 1. The van der Waals surface area contributed by atoms with Crippen molar-refractivity contribution in [1.29, 1.82) is 0 Å². The number of alkyl halides is 3. The lowest BCUT2D eigenvalue weighted by Crippen LogP contribution is -2.54. The number of fused-ring (bicyclic) bond motifs is 1. The van der Waals surface area contributed by atoms with Gasteiger partial charge in [-0.25, -0.2) is 8.42 Å². The van der Waals surface area contributed by atoms with Gasteiger partial charge < -0.3 is 9.64 Å². The second kappa shape index (κ2) is 4.59. The zero-order valence-electron chi connectivity index (χ0n) is 12.1. The predicted molar refractivity (Wildman–Crippen MR) is 70.8 cm³/mol. The maximum Gasteiger partial charge on any atom is 0.397 e. The molecule has 5 nitrogen and oxygen atoms in total. The number of amides is 1. The van der Waals surface area contributed by atoms with Gasteiger partial charge in [0, 0.05) is 13.1 Å². The fraction of sp³-hybridized carbons (Fsp3) is 0.923. The van der Waals surface area contributed by atoms with Crippen molar-refractivity contribution in [3.63, 3.8) is 0 Å². The SMILES string of the molecule is CC1(C(=O)N2C[C@@H]3[C@@](C(F)(F)F)(CCCS3(=O)=O)C2)COC1. The van der Waals surface area contributed by atoms with Gasteiger partial charge in [0.15, 0.2) is 9.84 Å². The first kappa shape index (κ1) is 16.0. The van der Waals surface area contributed by atoms with Gasteiger partial charge in [0.25, 0.3) is 0 Å². The lowest BCUT2D eigenvalue weighted by molar-refractivity contribution is -0.222. The molecule has 3 rings (SSSR count). The van der Waals surface area contributed by atoms with E-state index in [2.05, 4.69) is 0 Å². The summed E-state index contributed by atoms with van der Waals surface area (Å²) >= 11 is 0. The number of halogens is 3. The number of likely N-dealkylation sites (tertiary alicyclic amines) is 1. The van der Waals surface area contributed by atoms with Gasteiger partial charge in [-0.3, -0.25) is 4.79 Å². The maximum atomic E-state index is 13.6. The molecule has 3 aliphatic rings. The highest BCUT2D eigenvalue weighted by atomic mass is 32.2. The predicted octanol–water partition coefficient (Wildman–Crippen LogP) is 0.991. The summed E-state index contributed by atoms with van der Waals surface area (Å²) < 4.78 is 70.2. The number of ether oxygens (including phenoxy) is 1. The van der Waals surface area contributed by atoms with Crippen LogP contribution in [0.4, 0.5) is 13.2 Å². The van der Waals surface area contributed by atoms with Crippen LogP contribution < -0.4 is 0 Å². The first-order valence-electron chi connectivity index (χ1n) is 7.17. The second-order valence-corrected chi connectivity index (χ2v) is 9.16. The van der Waals surface area contributed by atoms with Gasteiger partial charge >= 0.3 is 6.18 Å². The summed E-state index contributed by atoms with van der Waals surface area (Å²) in [6.07, 6.45) is -4.89. The van der Waals surface area contributed by atoms with E-state index < -0.39 is 44.5 Å². The molecule has 3 fully saturated rings. The second-order valence-electron chi connectivity index (χ2n) is 6.85.